The third kappa shape index (κ3) is 2.69. The Morgan fingerprint density at radius 2 is 1.72 bits per heavy atom. The van der Waals surface area contributed by atoms with Crippen molar-refractivity contribution in [2.45, 2.75) is 56.6 Å². The molecule has 1 saturated heterocycles. The second-order valence-electron chi connectivity index (χ2n) is 6.26. The van der Waals surface area contributed by atoms with Crippen molar-refractivity contribution in [1.29, 1.82) is 0 Å². The number of piperazine rings is 1. The molecule has 3 aliphatic rings. The molecule has 0 radical (unpaired) electrons. The molecule has 0 aromatic rings. The lowest BCUT2D eigenvalue weighted by Crippen LogP contribution is -2.50. The Balaban J connectivity index is 1.48. The van der Waals surface area contributed by atoms with Gasteiger partial charge in [-0.25, -0.2) is 0 Å². The summed E-state index contributed by atoms with van der Waals surface area (Å²) in [6.07, 6.45) is 6.78. The topological polar surface area (TPSA) is 43.8 Å². The van der Waals surface area contributed by atoms with E-state index in [9.17, 15) is 9.90 Å². The van der Waals surface area contributed by atoms with Crippen molar-refractivity contribution in [2.24, 2.45) is 0 Å². The minimum atomic E-state index is -0.690. The van der Waals surface area contributed by atoms with E-state index in [0.717, 1.165) is 57.9 Å². The number of hydrogen-bond acceptors (Lipinski definition) is 3. The lowest BCUT2D eigenvalue weighted by atomic mass is 9.97. The van der Waals surface area contributed by atoms with Crippen molar-refractivity contribution >= 4 is 5.91 Å². The Hall–Kier alpha value is -0.610. The quantitative estimate of drug-likeness (QED) is 0.814. The standard InChI is InChI=1S/C14H24N2O2/c17-13(11-14(18)5-1-2-6-14)16-9-7-15(8-10-16)12-3-4-12/h12,18H,1-11H2. The molecule has 2 aliphatic carbocycles. The van der Waals surface area contributed by atoms with Crippen LogP contribution in [0.15, 0.2) is 0 Å². The zero-order chi connectivity index (χ0) is 12.6. The van der Waals surface area contributed by atoms with Gasteiger partial charge in [0.1, 0.15) is 0 Å². The monoisotopic (exact) mass is 252 g/mol. The van der Waals surface area contributed by atoms with Gasteiger partial charge in [0.25, 0.3) is 0 Å². The summed E-state index contributed by atoms with van der Waals surface area (Å²) in [6.45, 7) is 3.75. The molecular formula is C14H24N2O2. The SMILES string of the molecule is O=C(CC1(O)CCCC1)N1CCN(C2CC2)CC1. The largest absolute Gasteiger partial charge is 0.389 e. The first-order valence-electron chi connectivity index (χ1n) is 7.41. The third-order valence-electron chi connectivity index (χ3n) is 4.74. The molecule has 2 saturated carbocycles. The highest BCUT2D eigenvalue weighted by molar-refractivity contribution is 5.77. The molecule has 18 heavy (non-hydrogen) atoms. The fourth-order valence-electron chi connectivity index (χ4n) is 3.38. The Labute approximate surface area is 109 Å². The van der Waals surface area contributed by atoms with Crippen molar-refractivity contribution in [3.63, 3.8) is 0 Å². The van der Waals surface area contributed by atoms with Crippen LogP contribution >= 0.6 is 0 Å². The van der Waals surface area contributed by atoms with Gasteiger partial charge < -0.3 is 10.0 Å². The summed E-state index contributed by atoms with van der Waals surface area (Å²) in [6, 6.07) is 0.807. The molecule has 1 N–H and O–H groups in total. The summed E-state index contributed by atoms with van der Waals surface area (Å²) in [5.74, 6) is 0.162. The zero-order valence-electron chi connectivity index (χ0n) is 11.1. The summed E-state index contributed by atoms with van der Waals surface area (Å²) in [4.78, 5) is 16.7. The first-order chi connectivity index (χ1) is 8.66. The van der Waals surface area contributed by atoms with E-state index in [1.54, 1.807) is 0 Å². The van der Waals surface area contributed by atoms with E-state index in [2.05, 4.69) is 4.90 Å². The van der Waals surface area contributed by atoms with E-state index in [4.69, 9.17) is 0 Å². The lowest BCUT2D eigenvalue weighted by molar-refractivity contribution is -0.138. The van der Waals surface area contributed by atoms with Crippen LogP contribution in [0, 0.1) is 0 Å². The summed E-state index contributed by atoms with van der Waals surface area (Å²) in [7, 11) is 0. The molecule has 1 aliphatic heterocycles. The van der Waals surface area contributed by atoms with Crippen molar-refractivity contribution in [3.05, 3.63) is 0 Å². The minimum Gasteiger partial charge on any atom is -0.389 e. The maximum Gasteiger partial charge on any atom is 0.225 e. The number of rotatable bonds is 3. The van der Waals surface area contributed by atoms with Gasteiger partial charge in [-0.1, -0.05) is 12.8 Å². The zero-order valence-corrected chi connectivity index (χ0v) is 11.1. The number of aliphatic hydroxyl groups is 1. The summed E-state index contributed by atoms with van der Waals surface area (Å²) < 4.78 is 0. The highest BCUT2D eigenvalue weighted by Gasteiger charge is 2.37. The molecule has 4 nitrogen and oxygen atoms in total. The molecule has 0 spiro atoms. The van der Waals surface area contributed by atoms with Crippen LogP contribution in [0.1, 0.15) is 44.9 Å². The van der Waals surface area contributed by atoms with Crippen molar-refractivity contribution < 1.29 is 9.90 Å². The number of amides is 1. The van der Waals surface area contributed by atoms with Gasteiger partial charge in [-0.2, -0.15) is 0 Å². The number of nitrogens with zero attached hydrogens (tertiary/aromatic N) is 2. The van der Waals surface area contributed by atoms with Crippen LogP contribution in [0.3, 0.4) is 0 Å². The van der Waals surface area contributed by atoms with Crippen molar-refractivity contribution in [3.8, 4) is 0 Å². The van der Waals surface area contributed by atoms with E-state index in [1.165, 1.54) is 12.8 Å². The van der Waals surface area contributed by atoms with Crippen LogP contribution < -0.4 is 0 Å². The smallest absolute Gasteiger partial charge is 0.225 e. The molecule has 1 amide bonds. The summed E-state index contributed by atoms with van der Waals surface area (Å²) in [5.41, 5.74) is -0.690. The second kappa shape index (κ2) is 4.82. The fraction of sp³-hybridized carbons (Fsp3) is 0.929. The number of carbonyl (C=O) groups excluding carboxylic acids is 1. The molecule has 3 fully saturated rings. The van der Waals surface area contributed by atoms with E-state index in [1.807, 2.05) is 4.90 Å². The van der Waals surface area contributed by atoms with Gasteiger partial charge in [0.2, 0.25) is 5.91 Å². The average molecular weight is 252 g/mol. The van der Waals surface area contributed by atoms with Gasteiger partial charge in [0.05, 0.1) is 12.0 Å². The molecule has 4 heteroatoms. The highest BCUT2D eigenvalue weighted by atomic mass is 16.3. The van der Waals surface area contributed by atoms with Gasteiger partial charge in [0, 0.05) is 32.2 Å². The first-order valence-corrected chi connectivity index (χ1v) is 7.41. The molecular weight excluding hydrogens is 228 g/mol. The minimum absolute atomic E-state index is 0.162. The molecule has 0 aromatic heterocycles. The number of hydrogen-bond donors (Lipinski definition) is 1. The molecule has 1 heterocycles. The van der Waals surface area contributed by atoms with E-state index in [0.29, 0.717) is 6.42 Å². The Kier molecular flexibility index (Phi) is 3.32. The molecule has 3 rings (SSSR count). The average Bonchev–Trinajstić information content (AvgIpc) is 3.13. The molecule has 0 bridgehead atoms. The van der Waals surface area contributed by atoms with Crippen LogP contribution in [0.25, 0.3) is 0 Å². The van der Waals surface area contributed by atoms with Gasteiger partial charge in [-0.3, -0.25) is 9.69 Å². The predicted molar refractivity (Wildman–Crippen MR) is 69.2 cm³/mol. The highest BCUT2D eigenvalue weighted by Crippen LogP contribution is 2.33. The van der Waals surface area contributed by atoms with E-state index >= 15 is 0 Å². The van der Waals surface area contributed by atoms with Crippen LogP contribution in [0.4, 0.5) is 0 Å². The lowest BCUT2D eigenvalue weighted by Gasteiger charge is -2.36. The van der Waals surface area contributed by atoms with E-state index in [-0.39, 0.29) is 5.91 Å². The van der Waals surface area contributed by atoms with Gasteiger partial charge in [-0.05, 0) is 25.7 Å². The maximum absolute atomic E-state index is 12.2. The third-order valence-corrected chi connectivity index (χ3v) is 4.74. The second-order valence-corrected chi connectivity index (χ2v) is 6.26. The van der Waals surface area contributed by atoms with E-state index < -0.39 is 5.60 Å². The normalized spacial score (nSPS) is 28.6. The van der Waals surface area contributed by atoms with Crippen molar-refractivity contribution in [1.82, 2.24) is 9.80 Å². The van der Waals surface area contributed by atoms with Crippen LogP contribution in [-0.2, 0) is 4.79 Å². The maximum atomic E-state index is 12.2. The summed E-state index contributed by atoms with van der Waals surface area (Å²) >= 11 is 0. The van der Waals surface area contributed by atoms with Crippen LogP contribution in [0.2, 0.25) is 0 Å². The van der Waals surface area contributed by atoms with Gasteiger partial charge in [0.15, 0.2) is 0 Å². The van der Waals surface area contributed by atoms with Gasteiger partial charge >= 0.3 is 0 Å². The molecule has 102 valence electrons. The fourth-order valence-corrected chi connectivity index (χ4v) is 3.38. The van der Waals surface area contributed by atoms with Crippen LogP contribution in [-0.4, -0.2) is 58.6 Å². The molecule has 0 unspecified atom stereocenters. The Morgan fingerprint density at radius 1 is 1.11 bits per heavy atom. The predicted octanol–water partition coefficient (Wildman–Crippen LogP) is 0.988. The van der Waals surface area contributed by atoms with Crippen molar-refractivity contribution in [2.75, 3.05) is 26.2 Å². The Bertz CT molecular complexity index is 314. The Morgan fingerprint density at radius 3 is 2.28 bits per heavy atom. The molecule has 0 atom stereocenters. The summed E-state index contributed by atoms with van der Waals surface area (Å²) in [5, 5.41) is 10.3. The van der Waals surface area contributed by atoms with Gasteiger partial charge in [-0.15, -0.1) is 0 Å². The van der Waals surface area contributed by atoms with Crippen LogP contribution in [0.5, 0.6) is 0 Å². The number of carbonyl (C=O) groups is 1. The first kappa shape index (κ1) is 12.4. The molecule has 0 aromatic carbocycles.